The van der Waals surface area contributed by atoms with Gasteiger partial charge in [-0.3, -0.25) is 9.59 Å². The van der Waals surface area contributed by atoms with Crippen molar-refractivity contribution in [2.24, 2.45) is 0 Å². The molecule has 8 atom stereocenters. The molecular weight excluding hydrogens is 967 g/mol. The molecule has 0 aromatic rings. The van der Waals surface area contributed by atoms with Gasteiger partial charge in [0.05, 0.1) is 25.4 Å². The van der Waals surface area contributed by atoms with Crippen molar-refractivity contribution in [2.75, 3.05) is 13.2 Å². The third kappa shape index (κ3) is 42.0. The van der Waals surface area contributed by atoms with Crippen LogP contribution in [0.5, 0.6) is 0 Å². The quantitative estimate of drug-likeness (QED) is 0.0195. The number of amides is 1. The summed E-state index contributed by atoms with van der Waals surface area (Å²) in [7, 11) is 0. The number of aliphatic hydroxyl groups excluding tert-OH is 5. The fourth-order valence-corrected chi connectivity index (χ4v) is 9.77. The van der Waals surface area contributed by atoms with Crippen molar-refractivity contribution in [3.05, 3.63) is 60.8 Å². The Morgan fingerprint density at radius 2 is 0.896 bits per heavy atom. The standard InChI is InChI=1S/C66H119NO10/c1-4-7-10-13-16-19-22-25-27-29-31-32-35-38-41-44-47-50-53-59(70)65(74)67-57(58(69)52-49-46-43-40-37-34-24-21-18-15-12-9-6-3)56-75-66-64(63(73)62(72)60(55-68)76-66)77-61(71)54-51-48-45-42-39-36-33-30-28-26-23-20-17-14-11-8-5-2/h16,19,25-28,31-32,49,52,57-60,62-64,66,68-70,72-73H,4-15,17-18,20-24,29-30,33-48,50-51,53-56H2,1-3H3,(H,67,74)/b19-16-,27-25-,28-26+,32-31-,52-49+. The van der Waals surface area contributed by atoms with Crippen LogP contribution < -0.4 is 5.32 Å². The lowest BCUT2D eigenvalue weighted by molar-refractivity contribution is -0.305. The van der Waals surface area contributed by atoms with Crippen LogP contribution in [0.15, 0.2) is 60.8 Å². The van der Waals surface area contributed by atoms with Crippen molar-refractivity contribution in [3.8, 4) is 0 Å². The number of esters is 1. The number of carbonyl (C=O) groups excluding carboxylic acids is 2. The SMILES string of the molecule is CCCCC/C=C\C/C=C\C/C=C\CCCCCCCC(O)C(=O)NC(COC1OC(CO)C(O)C(O)C1OC(=O)CCCCCCCCC/C=C/CCCCCCCC)C(O)/C=C/CCCCCCCCCCCCC. The molecule has 1 aliphatic heterocycles. The third-order valence-corrected chi connectivity index (χ3v) is 14.9. The molecule has 1 heterocycles. The van der Waals surface area contributed by atoms with E-state index in [1.165, 1.54) is 141 Å². The van der Waals surface area contributed by atoms with Gasteiger partial charge in [0.25, 0.3) is 0 Å². The summed E-state index contributed by atoms with van der Waals surface area (Å²) in [6.07, 6.45) is 56.7. The number of rotatable bonds is 54. The first-order valence-corrected chi connectivity index (χ1v) is 32.1. The van der Waals surface area contributed by atoms with Gasteiger partial charge >= 0.3 is 5.97 Å². The van der Waals surface area contributed by atoms with Gasteiger partial charge in [-0.1, -0.05) is 248 Å². The molecular formula is C66H119NO10. The lowest BCUT2D eigenvalue weighted by Gasteiger charge is -2.41. The minimum atomic E-state index is -1.62. The van der Waals surface area contributed by atoms with E-state index in [1.807, 2.05) is 6.08 Å². The summed E-state index contributed by atoms with van der Waals surface area (Å²) in [6.45, 7) is 5.76. The minimum absolute atomic E-state index is 0.116. The molecule has 1 aliphatic rings. The predicted octanol–water partition coefficient (Wildman–Crippen LogP) is 15.4. The summed E-state index contributed by atoms with van der Waals surface area (Å²) < 4.78 is 17.6. The van der Waals surface area contributed by atoms with Crippen LogP contribution in [-0.2, 0) is 23.8 Å². The molecule has 11 nitrogen and oxygen atoms in total. The number of hydrogen-bond donors (Lipinski definition) is 6. The van der Waals surface area contributed by atoms with Gasteiger partial charge < -0.3 is 45.1 Å². The van der Waals surface area contributed by atoms with E-state index >= 15 is 0 Å². The topological polar surface area (TPSA) is 175 Å². The van der Waals surface area contributed by atoms with Crippen LogP contribution in [0.4, 0.5) is 0 Å². The number of nitrogens with one attached hydrogen (secondary N) is 1. The van der Waals surface area contributed by atoms with Gasteiger partial charge in [-0.15, -0.1) is 0 Å². The molecule has 0 saturated carbocycles. The third-order valence-electron chi connectivity index (χ3n) is 14.9. The van der Waals surface area contributed by atoms with Crippen molar-refractivity contribution in [3.63, 3.8) is 0 Å². The monoisotopic (exact) mass is 1090 g/mol. The Labute approximate surface area is 471 Å². The van der Waals surface area contributed by atoms with Crippen molar-refractivity contribution in [1.82, 2.24) is 5.32 Å². The Morgan fingerprint density at radius 3 is 1.38 bits per heavy atom. The van der Waals surface area contributed by atoms with E-state index in [2.05, 4.69) is 74.7 Å². The molecule has 448 valence electrons. The maximum absolute atomic E-state index is 13.4. The zero-order valence-corrected chi connectivity index (χ0v) is 49.6. The first kappa shape index (κ1) is 72.4. The van der Waals surface area contributed by atoms with E-state index in [-0.39, 0.29) is 19.4 Å². The highest BCUT2D eigenvalue weighted by molar-refractivity contribution is 5.80. The maximum Gasteiger partial charge on any atom is 0.306 e. The van der Waals surface area contributed by atoms with Gasteiger partial charge in [0, 0.05) is 6.42 Å². The second-order valence-electron chi connectivity index (χ2n) is 22.1. The second kappa shape index (κ2) is 54.0. The Morgan fingerprint density at radius 1 is 0.506 bits per heavy atom. The molecule has 11 heteroatoms. The zero-order valence-electron chi connectivity index (χ0n) is 49.6. The summed E-state index contributed by atoms with van der Waals surface area (Å²) in [6, 6.07) is -1.03. The minimum Gasteiger partial charge on any atom is -0.454 e. The van der Waals surface area contributed by atoms with Gasteiger partial charge in [0.15, 0.2) is 12.4 Å². The molecule has 77 heavy (non-hydrogen) atoms. The molecule has 0 aliphatic carbocycles. The molecule has 0 aromatic carbocycles. The fraction of sp³-hybridized carbons (Fsp3) is 0.818. The first-order valence-electron chi connectivity index (χ1n) is 32.1. The first-order chi connectivity index (χ1) is 37.7. The molecule has 1 amide bonds. The second-order valence-corrected chi connectivity index (χ2v) is 22.1. The molecule has 6 N–H and O–H groups in total. The molecule has 0 bridgehead atoms. The summed E-state index contributed by atoms with van der Waals surface area (Å²) in [5.74, 6) is -1.21. The lowest BCUT2D eigenvalue weighted by Crippen LogP contribution is -2.61. The van der Waals surface area contributed by atoms with E-state index < -0.39 is 67.4 Å². The molecule has 1 saturated heterocycles. The Balaban J connectivity index is 2.70. The van der Waals surface area contributed by atoms with Crippen molar-refractivity contribution in [2.45, 2.75) is 333 Å². The largest absolute Gasteiger partial charge is 0.454 e. The number of ether oxygens (including phenoxy) is 3. The summed E-state index contributed by atoms with van der Waals surface area (Å²) in [5.41, 5.74) is 0. The highest BCUT2D eigenvalue weighted by Gasteiger charge is 2.47. The van der Waals surface area contributed by atoms with Gasteiger partial charge in [-0.05, 0) is 89.9 Å². The highest BCUT2D eigenvalue weighted by atomic mass is 16.7. The molecule has 0 aromatic heterocycles. The zero-order chi connectivity index (χ0) is 56.1. The van der Waals surface area contributed by atoms with Crippen LogP contribution in [0.2, 0.25) is 0 Å². The smallest absolute Gasteiger partial charge is 0.306 e. The Hall–Kier alpha value is -2.64. The average Bonchev–Trinajstić information content (AvgIpc) is 3.43. The van der Waals surface area contributed by atoms with Gasteiger partial charge in [0.2, 0.25) is 5.91 Å². The number of unbranched alkanes of at least 4 members (excludes halogenated alkanes) is 32. The van der Waals surface area contributed by atoms with Crippen molar-refractivity contribution >= 4 is 11.9 Å². The van der Waals surface area contributed by atoms with E-state index in [0.717, 1.165) is 96.3 Å². The Kier molecular flexibility index (Phi) is 50.7. The summed E-state index contributed by atoms with van der Waals surface area (Å²) in [5, 5.41) is 57.0. The molecule has 0 spiro atoms. The molecule has 0 radical (unpaired) electrons. The number of aliphatic hydroxyl groups is 5. The van der Waals surface area contributed by atoms with Crippen LogP contribution in [0.25, 0.3) is 0 Å². The maximum atomic E-state index is 13.4. The number of carbonyl (C=O) groups is 2. The lowest BCUT2D eigenvalue weighted by atomic mass is 9.99. The van der Waals surface area contributed by atoms with Gasteiger partial charge in [0.1, 0.15) is 24.4 Å². The highest BCUT2D eigenvalue weighted by Crippen LogP contribution is 2.26. The summed E-state index contributed by atoms with van der Waals surface area (Å²) >= 11 is 0. The van der Waals surface area contributed by atoms with Crippen LogP contribution in [0, 0.1) is 0 Å². The molecule has 1 fully saturated rings. The van der Waals surface area contributed by atoms with E-state index in [1.54, 1.807) is 6.08 Å². The predicted molar refractivity (Wildman–Crippen MR) is 320 cm³/mol. The van der Waals surface area contributed by atoms with Crippen LogP contribution >= 0.6 is 0 Å². The van der Waals surface area contributed by atoms with E-state index in [9.17, 15) is 35.1 Å². The van der Waals surface area contributed by atoms with Crippen molar-refractivity contribution in [1.29, 1.82) is 0 Å². The number of allylic oxidation sites excluding steroid dienone is 9. The van der Waals surface area contributed by atoms with Crippen LogP contribution in [0.1, 0.15) is 284 Å². The van der Waals surface area contributed by atoms with Crippen LogP contribution in [0.3, 0.4) is 0 Å². The fourth-order valence-electron chi connectivity index (χ4n) is 9.77. The van der Waals surface area contributed by atoms with Gasteiger partial charge in [-0.25, -0.2) is 0 Å². The summed E-state index contributed by atoms with van der Waals surface area (Å²) in [4.78, 5) is 26.6. The molecule has 1 rings (SSSR count). The average molecular weight is 1090 g/mol. The normalized spacial score (nSPS) is 19.4. The van der Waals surface area contributed by atoms with E-state index in [4.69, 9.17) is 14.2 Å². The molecule has 8 unspecified atom stereocenters. The van der Waals surface area contributed by atoms with Crippen LogP contribution in [-0.4, -0.2) is 99.6 Å². The number of hydrogen-bond acceptors (Lipinski definition) is 10. The van der Waals surface area contributed by atoms with Gasteiger partial charge in [-0.2, -0.15) is 0 Å². The van der Waals surface area contributed by atoms with E-state index in [0.29, 0.717) is 12.8 Å². The Bertz CT molecular complexity index is 1480. The van der Waals surface area contributed by atoms with Crippen molar-refractivity contribution < 1.29 is 49.3 Å².